The van der Waals surface area contributed by atoms with Crippen LogP contribution in [-0.4, -0.2) is 39.5 Å². The van der Waals surface area contributed by atoms with Gasteiger partial charge in [0.15, 0.2) is 0 Å². The average molecular weight is 286 g/mol. The minimum Gasteiger partial charge on any atom is -0.480 e. The Morgan fingerprint density at radius 2 is 1.90 bits per heavy atom. The fraction of sp³-hybridized carbons (Fsp3) is 0.312. The molecule has 0 aliphatic rings. The Morgan fingerprint density at radius 1 is 1.24 bits per heavy atom. The van der Waals surface area contributed by atoms with E-state index in [9.17, 15) is 14.7 Å². The molecule has 5 nitrogen and oxygen atoms in total. The monoisotopic (exact) mass is 286 g/mol. The zero-order valence-electron chi connectivity index (χ0n) is 12.3. The summed E-state index contributed by atoms with van der Waals surface area (Å²) in [5, 5.41) is 10.2. The Hall–Kier alpha value is -2.43. The maximum Gasteiger partial charge on any atom is 0.329 e. The predicted molar refractivity (Wildman–Crippen MR) is 79.9 cm³/mol. The molecule has 0 aliphatic heterocycles. The molecule has 21 heavy (non-hydrogen) atoms. The van der Waals surface area contributed by atoms with Crippen molar-refractivity contribution in [2.45, 2.75) is 25.8 Å². The lowest BCUT2D eigenvalue weighted by Crippen LogP contribution is -2.51. The Labute approximate surface area is 123 Å². The summed E-state index contributed by atoms with van der Waals surface area (Å²) < 4.78 is 0. The first-order valence-electron chi connectivity index (χ1n) is 6.66. The highest BCUT2D eigenvalue weighted by Gasteiger charge is 2.35. The van der Waals surface area contributed by atoms with E-state index >= 15 is 0 Å². The molecule has 0 bridgehead atoms. The molecule has 0 fully saturated rings. The van der Waals surface area contributed by atoms with Crippen LogP contribution in [0.5, 0.6) is 0 Å². The maximum atomic E-state index is 12.3. The third-order valence-corrected chi connectivity index (χ3v) is 3.79. The second-order valence-electron chi connectivity index (χ2n) is 5.49. The molecule has 1 heterocycles. The van der Waals surface area contributed by atoms with E-state index in [1.165, 1.54) is 25.8 Å². The van der Waals surface area contributed by atoms with E-state index in [0.29, 0.717) is 0 Å². The van der Waals surface area contributed by atoms with Crippen LogP contribution in [0.1, 0.15) is 19.4 Å². The molecular formula is C16H18N2O3. The number of carbonyl (C=O) groups is 2. The van der Waals surface area contributed by atoms with Crippen LogP contribution in [0.25, 0.3) is 10.9 Å². The van der Waals surface area contributed by atoms with Gasteiger partial charge in [-0.05, 0) is 25.5 Å². The quantitative estimate of drug-likeness (QED) is 0.934. The third kappa shape index (κ3) is 2.86. The molecule has 0 spiro atoms. The van der Waals surface area contributed by atoms with Crippen LogP contribution in [0.3, 0.4) is 0 Å². The van der Waals surface area contributed by atoms with E-state index in [2.05, 4.69) is 4.98 Å². The van der Waals surface area contributed by atoms with Gasteiger partial charge in [0, 0.05) is 18.6 Å². The lowest BCUT2D eigenvalue weighted by molar-refractivity contribution is -0.155. The summed E-state index contributed by atoms with van der Waals surface area (Å²) in [5.41, 5.74) is 0.329. The summed E-state index contributed by atoms with van der Waals surface area (Å²) in [6.07, 6.45) is 1.81. The van der Waals surface area contributed by atoms with Crippen LogP contribution in [0, 0.1) is 0 Å². The fourth-order valence-electron chi connectivity index (χ4n) is 2.05. The number of benzene rings is 1. The van der Waals surface area contributed by atoms with Crippen molar-refractivity contribution in [3.63, 3.8) is 0 Å². The number of pyridine rings is 1. The summed E-state index contributed by atoms with van der Waals surface area (Å²) in [6.45, 7) is 3.02. The number of likely N-dealkylation sites (N-methyl/N-ethyl adjacent to an activating group) is 1. The molecule has 0 saturated carbocycles. The van der Waals surface area contributed by atoms with Gasteiger partial charge in [-0.2, -0.15) is 0 Å². The van der Waals surface area contributed by atoms with Crippen molar-refractivity contribution in [3.05, 3.63) is 42.1 Å². The molecule has 5 heteroatoms. The second-order valence-corrected chi connectivity index (χ2v) is 5.49. The number of aromatic nitrogens is 1. The van der Waals surface area contributed by atoms with Gasteiger partial charge in [0.05, 0.1) is 11.9 Å². The highest BCUT2D eigenvalue weighted by molar-refractivity contribution is 5.90. The summed E-state index contributed by atoms with van der Waals surface area (Å²) >= 11 is 0. The van der Waals surface area contributed by atoms with Gasteiger partial charge < -0.3 is 10.0 Å². The lowest BCUT2D eigenvalue weighted by atomic mass is 10.0. The standard InChI is InChI=1S/C16H18N2O3/c1-16(2,15(20)21)18(3)13(19)10-12-7-4-6-11-8-5-9-17-14(11)12/h4-9H,10H2,1-3H3,(H,20,21). The van der Waals surface area contributed by atoms with Gasteiger partial charge in [0.25, 0.3) is 0 Å². The van der Waals surface area contributed by atoms with E-state index in [0.717, 1.165) is 16.5 Å². The zero-order chi connectivity index (χ0) is 15.6. The van der Waals surface area contributed by atoms with Crippen LogP contribution in [0.2, 0.25) is 0 Å². The smallest absolute Gasteiger partial charge is 0.329 e. The Balaban J connectivity index is 2.28. The number of hydrogen-bond acceptors (Lipinski definition) is 3. The van der Waals surface area contributed by atoms with Crippen molar-refractivity contribution in [1.82, 2.24) is 9.88 Å². The number of para-hydroxylation sites is 1. The summed E-state index contributed by atoms with van der Waals surface area (Å²) in [7, 11) is 1.51. The van der Waals surface area contributed by atoms with E-state index in [1.54, 1.807) is 6.20 Å². The van der Waals surface area contributed by atoms with Crippen LogP contribution < -0.4 is 0 Å². The fourth-order valence-corrected chi connectivity index (χ4v) is 2.05. The Kier molecular flexibility index (Phi) is 3.93. The number of hydrogen-bond donors (Lipinski definition) is 1. The largest absolute Gasteiger partial charge is 0.480 e. The van der Waals surface area contributed by atoms with Gasteiger partial charge >= 0.3 is 5.97 Å². The van der Waals surface area contributed by atoms with Crippen molar-refractivity contribution in [3.8, 4) is 0 Å². The maximum absolute atomic E-state index is 12.3. The Bertz CT molecular complexity index is 689. The topological polar surface area (TPSA) is 70.5 Å². The van der Waals surface area contributed by atoms with Gasteiger partial charge in [-0.3, -0.25) is 9.78 Å². The number of carboxylic acid groups (broad SMARTS) is 1. The highest BCUT2D eigenvalue weighted by atomic mass is 16.4. The summed E-state index contributed by atoms with van der Waals surface area (Å²) in [4.78, 5) is 29.1. The van der Waals surface area contributed by atoms with Crippen LogP contribution >= 0.6 is 0 Å². The molecular weight excluding hydrogens is 268 g/mol. The van der Waals surface area contributed by atoms with Crippen molar-refractivity contribution in [2.75, 3.05) is 7.05 Å². The highest BCUT2D eigenvalue weighted by Crippen LogP contribution is 2.19. The first kappa shape index (κ1) is 15.0. The number of carboxylic acids is 1. The molecule has 1 aromatic carbocycles. The number of fused-ring (bicyclic) bond motifs is 1. The second kappa shape index (κ2) is 5.52. The molecule has 0 radical (unpaired) electrons. The number of amides is 1. The van der Waals surface area contributed by atoms with E-state index in [4.69, 9.17) is 0 Å². The average Bonchev–Trinajstić information content (AvgIpc) is 2.46. The van der Waals surface area contributed by atoms with Gasteiger partial charge in [0.1, 0.15) is 5.54 Å². The summed E-state index contributed by atoms with van der Waals surface area (Å²) in [5.74, 6) is -1.28. The van der Waals surface area contributed by atoms with E-state index in [-0.39, 0.29) is 12.3 Å². The van der Waals surface area contributed by atoms with E-state index < -0.39 is 11.5 Å². The van der Waals surface area contributed by atoms with Crippen LogP contribution in [-0.2, 0) is 16.0 Å². The molecule has 0 aliphatic carbocycles. The molecule has 0 atom stereocenters. The van der Waals surface area contributed by atoms with Gasteiger partial charge in [-0.25, -0.2) is 4.79 Å². The van der Waals surface area contributed by atoms with Crippen molar-refractivity contribution >= 4 is 22.8 Å². The number of carbonyl (C=O) groups excluding carboxylic acids is 1. The molecule has 0 unspecified atom stereocenters. The van der Waals surface area contributed by atoms with Crippen molar-refractivity contribution in [2.24, 2.45) is 0 Å². The lowest BCUT2D eigenvalue weighted by Gasteiger charge is -2.31. The van der Waals surface area contributed by atoms with Crippen LogP contribution in [0.15, 0.2) is 36.5 Å². The normalized spacial score (nSPS) is 11.4. The zero-order valence-corrected chi connectivity index (χ0v) is 12.3. The Morgan fingerprint density at radius 3 is 2.57 bits per heavy atom. The number of aliphatic carboxylic acids is 1. The van der Waals surface area contributed by atoms with Gasteiger partial charge in [-0.15, -0.1) is 0 Å². The molecule has 110 valence electrons. The van der Waals surface area contributed by atoms with E-state index in [1.807, 2.05) is 30.3 Å². The van der Waals surface area contributed by atoms with Gasteiger partial charge in [0.2, 0.25) is 5.91 Å². The number of nitrogens with zero attached hydrogens (tertiary/aromatic N) is 2. The molecule has 2 aromatic rings. The molecule has 1 N–H and O–H groups in total. The minimum atomic E-state index is -1.24. The molecule has 1 amide bonds. The molecule has 0 saturated heterocycles. The summed E-state index contributed by atoms with van der Waals surface area (Å²) in [6, 6.07) is 9.42. The van der Waals surface area contributed by atoms with Crippen molar-refractivity contribution in [1.29, 1.82) is 0 Å². The SMILES string of the molecule is CN(C(=O)Cc1cccc2cccnc12)C(C)(C)C(=O)O. The first-order chi connectivity index (χ1) is 9.84. The van der Waals surface area contributed by atoms with Crippen LogP contribution in [0.4, 0.5) is 0 Å². The first-order valence-corrected chi connectivity index (χ1v) is 6.66. The third-order valence-electron chi connectivity index (χ3n) is 3.79. The predicted octanol–water partition coefficient (Wildman–Crippen LogP) is 2.10. The minimum absolute atomic E-state index is 0.127. The molecule has 2 rings (SSSR count). The number of rotatable bonds is 4. The van der Waals surface area contributed by atoms with Gasteiger partial charge in [-0.1, -0.05) is 24.3 Å². The van der Waals surface area contributed by atoms with Crippen molar-refractivity contribution < 1.29 is 14.7 Å². The molecule has 1 aromatic heterocycles.